The van der Waals surface area contributed by atoms with Crippen LogP contribution in [0.4, 0.5) is 4.79 Å². The Morgan fingerprint density at radius 1 is 1.42 bits per heavy atom. The van der Waals surface area contributed by atoms with E-state index < -0.39 is 18.0 Å². The Morgan fingerprint density at radius 3 is 2.58 bits per heavy atom. The first-order valence-corrected chi connectivity index (χ1v) is 6.32. The molecule has 3 amide bonds. The van der Waals surface area contributed by atoms with Gasteiger partial charge in [0.2, 0.25) is 5.91 Å². The van der Waals surface area contributed by atoms with Gasteiger partial charge in [-0.05, 0) is 18.8 Å². The van der Waals surface area contributed by atoms with Gasteiger partial charge in [-0.3, -0.25) is 4.79 Å². The molecule has 0 aromatic heterocycles. The predicted octanol–water partition coefficient (Wildman–Crippen LogP) is -0.0307. The fourth-order valence-electron chi connectivity index (χ4n) is 2.19. The van der Waals surface area contributed by atoms with Crippen molar-refractivity contribution in [1.82, 2.24) is 15.1 Å². The average Bonchev–Trinajstić information content (AvgIpc) is 2.37. The average molecular weight is 271 g/mol. The van der Waals surface area contributed by atoms with Crippen LogP contribution in [0, 0.1) is 5.92 Å². The van der Waals surface area contributed by atoms with Crippen LogP contribution in [0.15, 0.2) is 0 Å². The maximum atomic E-state index is 12.2. The third-order valence-electron chi connectivity index (χ3n) is 3.38. The van der Waals surface area contributed by atoms with Gasteiger partial charge in [-0.15, -0.1) is 0 Å². The Labute approximate surface area is 112 Å². The molecule has 0 saturated carbocycles. The SMILES string of the molecule is CNC(=O)CN(C)C(=O)N1CCC(C)CC1C(=O)O. The monoisotopic (exact) mass is 271 g/mol. The standard InChI is InChI=1S/C12H21N3O4/c1-8-4-5-15(9(6-8)11(17)18)12(19)14(3)7-10(16)13-2/h8-9H,4-7H2,1-3H3,(H,13,16)(H,17,18). The third kappa shape index (κ3) is 3.84. The van der Waals surface area contributed by atoms with Crippen molar-refractivity contribution >= 4 is 17.9 Å². The van der Waals surface area contributed by atoms with Crippen molar-refractivity contribution in [3.05, 3.63) is 0 Å². The fraction of sp³-hybridized carbons (Fsp3) is 0.750. The summed E-state index contributed by atoms with van der Waals surface area (Å²) in [6.07, 6.45) is 1.23. The van der Waals surface area contributed by atoms with Crippen molar-refractivity contribution in [2.75, 3.05) is 27.2 Å². The molecular formula is C12H21N3O4. The van der Waals surface area contributed by atoms with Gasteiger partial charge in [0.25, 0.3) is 0 Å². The van der Waals surface area contributed by atoms with Crippen LogP contribution in [-0.4, -0.2) is 66.0 Å². The van der Waals surface area contributed by atoms with Gasteiger partial charge in [0, 0.05) is 20.6 Å². The molecule has 2 unspecified atom stereocenters. The summed E-state index contributed by atoms with van der Waals surface area (Å²) in [5, 5.41) is 11.6. The van der Waals surface area contributed by atoms with Gasteiger partial charge in [-0.2, -0.15) is 0 Å². The van der Waals surface area contributed by atoms with Crippen LogP contribution < -0.4 is 5.32 Å². The van der Waals surface area contributed by atoms with E-state index in [4.69, 9.17) is 0 Å². The lowest BCUT2D eigenvalue weighted by molar-refractivity contribution is -0.144. The summed E-state index contributed by atoms with van der Waals surface area (Å²) in [5.74, 6) is -0.990. The van der Waals surface area contributed by atoms with Gasteiger partial charge in [-0.25, -0.2) is 9.59 Å². The highest BCUT2D eigenvalue weighted by molar-refractivity contribution is 5.86. The number of hydrogen-bond acceptors (Lipinski definition) is 3. The summed E-state index contributed by atoms with van der Waals surface area (Å²) in [6, 6.07) is -1.22. The van der Waals surface area contributed by atoms with Crippen molar-refractivity contribution in [3.63, 3.8) is 0 Å². The smallest absolute Gasteiger partial charge is 0.326 e. The van der Waals surface area contributed by atoms with Crippen LogP contribution >= 0.6 is 0 Å². The predicted molar refractivity (Wildman–Crippen MR) is 68.6 cm³/mol. The molecule has 0 aliphatic carbocycles. The molecular weight excluding hydrogens is 250 g/mol. The molecule has 7 nitrogen and oxygen atoms in total. The summed E-state index contributed by atoms with van der Waals surface area (Å²) in [7, 11) is 2.98. The molecule has 7 heteroatoms. The number of carboxylic acids is 1. The first-order valence-electron chi connectivity index (χ1n) is 6.32. The zero-order valence-electron chi connectivity index (χ0n) is 11.5. The van der Waals surface area contributed by atoms with E-state index in [9.17, 15) is 19.5 Å². The molecule has 1 aliphatic rings. The lowest BCUT2D eigenvalue weighted by atomic mass is 9.93. The first-order chi connectivity index (χ1) is 8.86. The Hall–Kier alpha value is -1.79. The highest BCUT2D eigenvalue weighted by Crippen LogP contribution is 2.23. The van der Waals surface area contributed by atoms with Crippen LogP contribution in [0.25, 0.3) is 0 Å². The Morgan fingerprint density at radius 2 is 2.05 bits per heavy atom. The largest absolute Gasteiger partial charge is 0.480 e. The van der Waals surface area contributed by atoms with Gasteiger partial charge in [0.1, 0.15) is 12.6 Å². The number of urea groups is 1. The summed E-state index contributed by atoms with van der Waals surface area (Å²) in [6.45, 7) is 2.31. The number of likely N-dealkylation sites (N-methyl/N-ethyl adjacent to an activating group) is 2. The maximum absolute atomic E-state index is 12.2. The molecule has 0 aromatic carbocycles. The number of amides is 3. The molecule has 2 N–H and O–H groups in total. The molecule has 19 heavy (non-hydrogen) atoms. The maximum Gasteiger partial charge on any atom is 0.326 e. The molecule has 1 aliphatic heterocycles. The molecule has 1 saturated heterocycles. The number of carbonyl (C=O) groups excluding carboxylic acids is 2. The Kier molecular flexibility index (Phi) is 5.14. The number of likely N-dealkylation sites (tertiary alicyclic amines) is 1. The Bertz CT molecular complexity index is 372. The number of piperidine rings is 1. The lowest BCUT2D eigenvalue weighted by Gasteiger charge is -2.37. The van der Waals surface area contributed by atoms with E-state index in [1.807, 2.05) is 6.92 Å². The van der Waals surface area contributed by atoms with Crippen molar-refractivity contribution in [2.45, 2.75) is 25.8 Å². The molecule has 108 valence electrons. The van der Waals surface area contributed by atoms with Crippen molar-refractivity contribution in [2.24, 2.45) is 5.92 Å². The topological polar surface area (TPSA) is 90.0 Å². The molecule has 0 aromatic rings. The number of aliphatic carboxylic acids is 1. The molecule has 0 bridgehead atoms. The highest BCUT2D eigenvalue weighted by Gasteiger charge is 2.36. The quantitative estimate of drug-likeness (QED) is 0.754. The van der Waals surface area contributed by atoms with E-state index in [-0.39, 0.29) is 18.4 Å². The summed E-state index contributed by atoms with van der Waals surface area (Å²) in [5.41, 5.74) is 0. The number of nitrogens with one attached hydrogen (secondary N) is 1. The number of carboxylic acid groups (broad SMARTS) is 1. The number of rotatable bonds is 3. The molecule has 1 rings (SSSR count). The summed E-state index contributed by atoms with van der Waals surface area (Å²) in [4.78, 5) is 37.2. The zero-order valence-corrected chi connectivity index (χ0v) is 11.5. The van der Waals surface area contributed by atoms with Gasteiger partial charge in [-0.1, -0.05) is 6.92 Å². The van der Waals surface area contributed by atoms with E-state index >= 15 is 0 Å². The van der Waals surface area contributed by atoms with Crippen LogP contribution in [0.1, 0.15) is 19.8 Å². The Balaban J connectivity index is 2.73. The van der Waals surface area contributed by atoms with E-state index in [1.165, 1.54) is 23.9 Å². The number of hydrogen-bond donors (Lipinski definition) is 2. The fourth-order valence-corrected chi connectivity index (χ4v) is 2.19. The lowest BCUT2D eigenvalue weighted by Crippen LogP contribution is -2.54. The van der Waals surface area contributed by atoms with Crippen LogP contribution in [0.5, 0.6) is 0 Å². The normalized spacial score (nSPS) is 22.8. The second-order valence-electron chi connectivity index (χ2n) is 4.99. The minimum Gasteiger partial charge on any atom is -0.480 e. The summed E-state index contributed by atoms with van der Waals surface area (Å²) >= 11 is 0. The van der Waals surface area contributed by atoms with Gasteiger partial charge in [0.05, 0.1) is 0 Å². The van der Waals surface area contributed by atoms with E-state index in [0.29, 0.717) is 13.0 Å². The third-order valence-corrected chi connectivity index (χ3v) is 3.38. The molecule has 0 radical (unpaired) electrons. The minimum atomic E-state index is -0.992. The summed E-state index contributed by atoms with van der Waals surface area (Å²) < 4.78 is 0. The van der Waals surface area contributed by atoms with Crippen molar-refractivity contribution in [1.29, 1.82) is 0 Å². The van der Waals surface area contributed by atoms with Crippen LogP contribution in [0.3, 0.4) is 0 Å². The molecule has 2 atom stereocenters. The molecule has 0 spiro atoms. The first kappa shape index (κ1) is 15.3. The highest BCUT2D eigenvalue weighted by atomic mass is 16.4. The van der Waals surface area contributed by atoms with Crippen molar-refractivity contribution < 1.29 is 19.5 Å². The van der Waals surface area contributed by atoms with Crippen LogP contribution in [-0.2, 0) is 9.59 Å². The molecule has 1 fully saturated rings. The van der Waals surface area contributed by atoms with Gasteiger partial charge < -0.3 is 20.2 Å². The molecule has 1 heterocycles. The second kappa shape index (κ2) is 6.40. The van der Waals surface area contributed by atoms with Gasteiger partial charge >= 0.3 is 12.0 Å². The minimum absolute atomic E-state index is 0.0757. The van der Waals surface area contributed by atoms with E-state index in [1.54, 1.807) is 0 Å². The van der Waals surface area contributed by atoms with Gasteiger partial charge in [0.15, 0.2) is 0 Å². The van der Waals surface area contributed by atoms with E-state index in [0.717, 1.165) is 6.42 Å². The second-order valence-corrected chi connectivity index (χ2v) is 4.99. The number of carbonyl (C=O) groups is 3. The zero-order chi connectivity index (χ0) is 14.6. The van der Waals surface area contributed by atoms with E-state index in [2.05, 4.69) is 5.32 Å². The van der Waals surface area contributed by atoms with Crippen LogP contribution in [0.2, 0.25) is 0 Å². The van der Waals surface area contributed by atoms with Crippen molar-refractivity contribution in [3.8, 4) is 0 Å². The number of nitrogens with zero attached hydrogens (tertiary/aromatic N) is 2.